The van der Waals surface area contributed by atoms with Crippen LogP contribution in [0.5, 0.6) is 0 Å². The number of rotatable bonds is 7. The number of benzene rings is 2. The Morgan fingerprint density at radius 1 is 1.04 bits per heavy atom. The minimum atomic E-state index is -0.398. The maximum Gasteiger partial charge on any atom is 0.253 e. The predicted molar refractivity (Wildman–Crippen MR) is 105 cm³/mol. The van der Waals surface area contributed by atoms with E-state index in [2.05, 4.69) is 43.5 Å². The third-order valence-corrected chi connectivity index (χ3v) is 5.04. The lowest BCUT2D eigenvalue weighted by atomic mass is 9.93. The summed E-state index contributed by atoms with van der Waals surface area (Å²) in [5.41, 5.74) is 8.34. The predicted octanol–water partition coefficient (Wildman–Crippen LogP) is 4.64. The van der Waals surface area contributed by atoms with Gasteiger partial charge in [-0.15, -0.1) is 0 Å². The van der Waals surface area contributed by atoms with Gasteiger partial charge in [-0.25, -0.2) is 5.01 Å². The first-order valence-corrected chi connectivity index (χ1v) is 9.41. The Balaban J connectivity index is 1.96. The van der Waals surface area contributed by atoms with Gasteiger partial charge in [0.1, 0.15) is 5.78 Å². The summed E-state index contributed by atoms with van der Waals surface area (Å²) in [6.45, 7) is 6.05. The second-order valence-corrected chi connectivity index (χ2v) is 6.74. The van der Waals surface area contributed by atoms with Crippen LogP contribution in [-0.4, -0.2) is 11.7 Å². The number of carbonyl (C=O) groups is 2. The van der Waals surface area contributed by atoms with Gasteiger partial charge in [-0.2, -0.15) is 0 Å². The number of amides is 1. The molecule has 1 atom stereocenters. The second kappa shape index (κ2) is 7.73. The lowest BCUT2D eigenvalue weighted by Crippen LogP contribution is -2.34. The van der Waals surface area contributed by atoms with E-state index in [0.717, 1.165) is 29.8 Å². The van der Waals surface area contributed by atoms with Crippen molar-refractivity contribution >= 4 is 23.1 Å². The van der Waals surface area contributed by atoms with Crippen LogP contribution in [0.2, 0.25) is 0 Å². The van der Waals surface area contributed by atoms with Gasteiger partial charge in [0.25, 0.3) is 5.91 Å². The van der Waals surface area contributed by atoms with E-state index >= 15 is 0 Å². The SMILES string of the molecule is CCC(=O)CC1C(=O)N(Nc2cccc(CC)c2)c2cc(CC)ccc21. The minimum absolute atomic E-state index is 0.0584. The molecule has 4 heteroatoms. The average Bonchev–Trinajstić information content (AvgIpc) is 2.93. The van der Waals surface area contributed by atoms with Crippen molar-refractivity contribution in [3.05, 3.63) is 59.2 Å². The fourth-order valence-electron chi connectivity index (χ4n) is 3.38. The molecule has 3 rings (SSSR count). The number of fused-ring (bicyclic) bond motifs is 1. The van der Waals surface area contributed by atoms with Crippen molar-refractivity contribution in [3.63, 3.8) is 0 Å². The number of nitrogens with zero attached hydrogens (tertiary/aromatic N) is 1. The van der Waals surface area contributed by atoms with Crippen molar-refractivity contribution in [1.29, 1.82) is 0 Å². The van der Waals surface area contributed by atoms with E-state index in [-0.39, 0.29) is 18.1 Å². The number of hydrogen-bond acceptors (Lipinski definition) is 3. The maximum atomic E-state index is 13.1. The molecule has 0 spiro atoms. The molecule has 0 fully saturated rings. The van der Waals surface area contributed by atoms with Gasteiger partial charge in [0.2, 0.25) is 0 Å². The number of hydrogen-bond donors (Lipinski definition) is 1. The first-order valence-electron chi connectivity index (χ1n) is 9.41. The van der Waals surface area contributed by atoms with Crippen LogP contribution in [0.1, 0.15) is 56.2 Å². The highest BCUT2D eigenvalue weighted by Crippen LogP contribution is 2.40. The molecule has 1 amide bonds. The molecule has 2 aromatic carbocycles. The lowest BCUT2D eigenvalue weighted by Gasteiger charge is -2.21. The third kappa shape index (κ3) is 3.50. The average molecular weight is 350 g/mol. The molecule has 0 bridgehead atoms. The third-order valence-electron chi connectivity index (χ3n) is 5.04. The molecule has 0 radical (unpaired) electrons. The van der Waals surface area contributed by atoms with Crippen molar-refractivity contribution in [3.8, 4) is 0 Å². The van der Waals surface area contributed by atoms with Crippen LogP contribution in [0.25, 0.3) is 0 Å². The molecular weight excluding hydrogens is 324 g/mol. The van der Waals surface area contributed by atoms with Gasteiger partial charge in [0, 0.05) is 12.8 Å². The first-order chi connectivity index (χ1) is 12.6. The highest BCUT2D eigenvalue weighted by atomic mass is 16.2. The van der Waals surface area contributed by atoms with Crippen molar-refractivity contribution in [2.24, 2.45) is 0 Å². The zero-order valence-corrected chi connectivity index (χ0v) is 15.7. The van der Waals surface area contributed by atoms with Crippen LogP contribution in [0.4, 0.5) is 11.4 Å². The number of carbonyl (C=O) groups excluding carboxylic acids is 2. The van der Waals surface area contributed by atoms with Crippen molar-refractivity contribution in [2.75, 3.05) is 10.4 Å². The van der Waals surface area contributed by atoms with Crippen molar-refractivity contribution in [1.82, 2.24) is 0 Å². The number of aryl methyl sites for hydroxylation is 2. The molecule has 4 nitrogen and oxygen atoms in total. The molecule has 0 saturated carbocycles. The largest absolute Gasteiger partial charge is 0.300 e. The molecule has 26 heavy (non-hydrogen) atoms. The summed E-state index contributed by atoms with van der Waals surface area (Å²) in [4.78, 5) is 25.1. The standard InChI is InChI=1S/C22H26N2O2/c1-4-15-8-7-9-17(12-15)23-24-21-13-16(5-2)10-11-19(21)20(22(24)26)14-18(25)6-3/h7-13,20,23H,4-6,14H2,1-3H3. The van der Waals surface area contributed by atoms with Gasteiger partial charge in [0.15, 0.2) is 0 Å². The van der Waals surface area contributed by atoms with Crippen LogP contribution in [0.15, 0.2) is 42.5 Å². The molecular formula is C22H26N2O2. The zero-order valence-electron chi connectivity index (χ0n) is 15.7. The molecule has 0 aromatic heterocycles. The number of anilines is 2. The Morgan fingerprint density at radius 2 is 1.77 bits per heavy atom. The number of Topliss-reactive ketones (excluding diaryl/α,β-unsaturated/α-hetero) is 1. The molecule has 1 unspecified atom stereocenters. The van der Waals surface area contributed by atoms with E-state index in [0.29, 0.717) is 6.42 Å². The van der Waals surface area contributed by atoms with E-state index < -0.39 is 5.92 Å². The summed E-state index contributed by atoms with van der Waals surface area (Å²) in [5.74, 6) is -0.342. The van der Waals surface area contributed by atoms with Crippen LogP contribution >= 0.6 is 0 Å². The summed E-state index contributed by atoms with van der Waals surface area (Å²) < 4.78 is 0. The minimum Gasteiger partial charge on any atom is -0.300 e. The number of ketones is 1. The Kier molecular flexibility index (Phi) is 5.40. The van der Waals surface area contributed by atoms with Crippen molar-refractivity contribution in [2.45, 2.75) is 52.4 Å². The van der Waals surface area contributed by atoms with Gasteiger partial charge in [-0.1, -0.05) is 45.0 Å². The molecule has 0 aliphatic carbocycles. The van der Waals surface area contributed by atoms with Crippen LogP contribution in [0, 0.1) is 0 Å². The molecule has 2 aromatic rings. The highest BCUT2D eigenvalue weighted by Gasteiger charge is 2.38. The van der Waals surface area contributed by atoms with E-state index in [9.17, 15) is 9.59 Å². The van der Waals surface area contributed by atoms with Crippen LogP contribution in [0.3, 0.4) is 0 Å². The molecule has 1 N–H and O–H groups in total. The summed E-state index contributed by atoms with van der Waals surface area (Å²) in [5, 5.41) is 1.62. The van der Waals surface area contributed by atoms with Gasteiger partial charge in [-0.3, -0.25) is 15.0 Å². The van der Waals surface area contributed by atoms with Crippen LogP contribution in [-0.2, 0) is 22.4 Å². The van der Waals surface area contributed by atoms with Gasteiger partial charge >= 0.3 is 0 Å². The summed E-state index contributed by atoms with van der Waals surface area (Å²) in [7, 11) is 0. The lowest BCUT2D eigenvalue weighted by molar-refractivity contribution is -0.124. The molecule has 136 valence electrons. The highest BCUT2D eigenvalue weighted by molar-refractivity contribution is 6.08. The fourth-order valence-corrected chi connectivity index (χ4v) is 3.38. The topological polar surface area (TPSA) is 49.4 Å². The van der Waals surface area contributed by atoms with Gasteiger partial charge < -0.3 is 0 Å². The Hall–Kier alpha value is -2.62. The molecule has 1 aliphatic heterocycles. The van der Waals surface area contributed by atoms with Gasteiger partial charge in [0.05, 0.1) is 17.3 Å². The molecule has 1 heterocycles. The first kappa shape index (κ1) is 18.2. The quantitative estimate of drug-likeness (QED) is 0.791. The normalized spacial score (nSPS) is 15.9. The summed E-state index contributed by atoms with van der Waals surface area (Å²) in [6, 6.07) is 14.2. The van der Waals surface area contributed by atoms with Gasteiger partial charge in [-0.05, 0) is 47.7 Å². The Bertz CT molecular complexity index is 829. The molecule has 1 aliphatic rings. The fraction of sp³-hybridized carbons (Fsp3) is 0.364. The van der Waals surface area contributed by atoms with E-state index in [4.69, 9.17) is 0 Å². The van der Waals surface area contributed by atoms with E-state index in [1.54, 1.807) is 5.01 Å². The van der Waals surface area contributed by atoms with E-state index in [1.807, 2.05) is 25.1 Å². The van der Waals surface area contributed by atoms with Crippen LogP contribution < -0.4 is 10.4 Å². The second-order valence-electron chi connectivity index (χ2n) is 6.74. The monoisotopic (exact) mass is 350 g/mol. The smallest absolute Gasteiger partial charge is 0.253 e. The maximum absolute atomic E-state index is 13.1. The Labute approximate surface area is 155 Å². The number of nitrogens with one attached hydrogen (secondary N) is 1. The van der Waals surface area contributed by atoms with E-state index in [1.165, 1.54) is 11.1 Å². The molecule has 0 saturated heterocycles. The number of hydrazine groups is 1. The Morgan fingerprint density at radius 3 is 2.46 bits per heavy atom. The van der Waals surface area contributed by atoms with Crippen molar-refractivity contribution < 1.29 is 9.59 Å². The summed E-state index contributed by atoms with van der Waals surface area (Å²) >= 11 is 0. The summed E-state index contributed by atoms with van der Waals surface area (Å²) in [6.07, 6.45) is 2.56. The zero-order chi connectivity index (χ0) is 18.7.